The van der Waals surface area contributed by atoms with E-state index < -0.39 is 11.6 Å². The molecule has 0 bridgehead atoms. The molecule has 2 aliphatic heterocycles. The molecule has 0 fully saturated rings. The van der Waals surface area contributed by atoms with Crippen LogP contribution in [-0.2, 0) is 9.53 Å². The number of hydrogen-bond acceptors (Lipinski definition) is 5. The molecule has 0 saturated carbocycles. The van der Waals surface area contributed by atoms with Crippen molar-refractivity contribution in [1.82, 2.24) is 0 Å². The molecule has 1 aromatic carbocycles. The molecule has 4 nitrogen and oxygen atoms in total. The third kappa shape index (κ3) is 3.33. The number of nitriles is 1. The first kappa shape index (κ1) is 18.1. The van der Waals surface area contributed by atoms with Gasteiger partial charge < -0.3 is 9.64 Å². The van der Waals surface area contributed by atoms with Crippen LogP contribution in [-0.4, -0.2) is 18.1 Å². The molecule has 0 spiro atoms. The largest absolute Gasteiger partial charge is 0.451 e. The van der Waals surface area contributed by atoms with Gasteiger partial charge in [-0.05, 0) is 39.0 Å². The molecular formula is C21H20N2O2S. The predicted molar refractivity (Wildman–Crippen MR) is 104 cm³/mol. The molecule has 1 aromatic rings. The van der Waals surface area contributed by atoms with Gasteiger partial charge in [0.2, 0.25) is 0 Å². The Labute approximate surface area is 158 Å². The third-order valence-corrected chi connectivity index (χ3v) is 5.39. The Hall–Kier alpha value is -2.71. The van der Waals surface area contributed by atoms with Gasteiger partial charge in [0.15, 0.2) is 0 Å². The summed E-state index contributed by atoms with van der Waals surface area (Å²) in [6.07, 6.45) is 9.53. The van der Waals surface area contributed by atoms with Crippen molar-refractivity contribution in [3.8, 4) is 6.07 Å². The molecule has 0 N–H and O–H groups in total. The summed E-state index contributed by atoms with van der Waals surface area (Å²) in [4.78, 5) is 15.2. The lowest BCUT2D eigenvalue weighted by atomic mass is 9.95. The molecule has 2 heterocycles. The number of thioether (sulfide) groups is 1. The third-order valence-electron chi connectivity index (χ3n) is 4.26. The number of allylic oxidation sites excluding steroid dienone is 4. The number of carbonyl (C=O) groups excluding carboxylic acids is 1. The molecule has 0 aromatic heterocycles. The number of benzene rings is 1. The molecule has 0 saturated heterocycles. The van der Waals surface area contributed by atoms with Gasteiger partial charge in [-0.2, -0.15) is 5.26 Å². The molecular weight excluding hydrogens is 344 g/mol. The monoisotopic (exact) mass is 364 g/mol. The number of rotatable bonds is 4. The molecule has 0 amide bonds. The van der Waals surface area contributed by atoms with E-state index in [0.29, 0.717) is 5.57 Å². The molecule has 0 aliphatic carbocycles. The second-order valence-corrected chi connectivity index (χ2v) is 7.43. The topological polar surface area (TPSA) is 53.3 Å². The summed E-state index contributed by atoms with van der Waals surface area (Å²) in [6.45, 7) is 6.61. The fourth-order valence-corrected chi connectivity index (χ4v) is 4.13. The van der Waals surface area contributed by atoms with Gasteiger partial charge in [-0.3, -0.25) is 0 Å². The lowest BCUT2D eigenvalue weighted by molar-refractivity contribution is -0.144. The average Bonchev–Trinajstić information content (AvgIpc) is 3.07. The van der Waals surface area contributed by atoms with Crippen molar-refractivity contribution in [1.29, 1.82) is 5.26 Å². The van der Waals surface area contributed by atoms with Gasteiger partial charge in [-0.25, -0.2) is 4.79 Å². The second kappa shape index (κ2) is 7.27. The average molecular weight is 364 g/mol. The Balaban J connectivity index is 1.75. The molecule has 0 radical (unpaired) electrons. The Morgan fingerprint density at radius 3 is 2.77 bits per heavy atom. The summed E-state index contributed by atoms with van der Waals surface area (Å²) >= 11 is 1.75. The van der Waals surface area contributed by atoms with Gasteiger partial charge in [0.05, 0.1) is 10.7 Å². The predicted octanol–water partition coefficient (Wildman–Crippen LogP) is 4.73. The standard InChI is InChI=1S/C21H20N2O2S/c1-4-23-17-11-8-9-12-18(17)26-19(23)13-7-5-6-10-16-15(14-22)20(24)25-21(16,2)3/h5-13H,4H2,1-3H3/b7-5+,10-6+,19-13-. The number of ether oxygens (including phenoxy) is 1. The van der Waals surface area contributed by atoms with Crippen LogP contribution in [0, 0.1) is 11.3 Å². The van der Waals surface area contributed by atoms with Gasteiger partial charge in [0.25, 0.3) is 0 Å². The highest BCUT2D eigenvalue weighted by molar-refractivity contribution is 8.03. The van der Waals surface area contributed by atoms with E-state index in [0.717, 1.165) is 6.54 Å². The van der Waals surface area contributed by atoms with E-state index in [4.69, 9.17) is 10.00 Å². The smallest absolute Gasteiger partial charge is 0.350 e. The van der Waals surface area contributed by atoms with Crippen LogP contribution >= 0.6 is 11.8 Å². The summed E-state index contributed by atoms with van der Waals surface area (Å²) in [6, 6.07) is 10.3. The first-order chi connectivity index (χ1) is 12.5. The summed E-state index contributed by atoms with van der Waals surface area (Å²) in [5, 5.41) is 10.3. The van der Waals surface area contributed by atoms with Crippen molar-refractivity contribution < 1.29 is 9.53 Å². The van der Waals surface area contributed by atoms with Crippen LogP contribution in [0.4, 0.5) is 5.69 Å². The van der Waals surface area contributed by atoms with Crippen LogP contribution in [0.25, 0.3) is 0 Å². The zero-order chi connectivity index (χ0) is 18.7. The minimum atomic E-state index is -0.771. The van der Waals surface area contributed by atoms with Gasteiger partial charge in [0, 0.05) is 17.0 Å². The SMILES string of the molecule is CCN1/C(=C/C=C/C=C/C2=C(C#N)C(=O)OC2(C)C)Sc2ccccc21. The van der Waals surface area contributed by atoms with Crippen molar-refractivity contribution >= 4 is 23.4 Å². The van der Waals surface area contributed by atoms with Crippen LogP contribution in [0.2, 0.25) is 0 Å². The summed E-state index contributed by atoms with van der Waals surface area (Å²) in [5.74, 6) is -0.554. The first-order valence-electron chi connectivity index (χ1n) is 8.45. The van der Waals surface area contributed by atoms with Gasteiger partial charge in [0.1, 0.15) is 17.2 Å². The van der Waals surface area contributed by atoms with Crippen molar-refractivity contribution in [2.24, 2.45) is 0 Å². The van der Waals surface area contributed by atoms with Crippen LogP contribution in [0.3, 0.4) is 0 Å². The zero-order valence-corrected chi connectivity index (χ0v) is 15.8. The first-order valence-corrected chi connectivity index (χ1v) is 9.27. The van der Waals surface area contributed by atoms with Crippen molar-refractivity contribution in [2.45, 2.75) is 31.3 Å². The number of hydrogen-bond donors (Lipinski definition) is 0. The van der Waals surface area contributed by atoms with Crippen LogP contribution in [0.1, 0.15) is 20.8 Å². The van der Waals surface area contributed by atoms with E-state index in [1.807, 2.05) is 24.3 Å². The highest BCUT2D eigenvalue weighted by Gasteiger charge is 2.39. The minimum absolute atomic E-state index is 0.0805. The number of anilines is 1. The number of para-hydroxylation sites is 1. The van der Waals surface area contributed by atoms with E-state index in [2.05, 4.69) is 42.2 Å². The highest BCUT2D eigenvalue weighted by atomic mass is 32.2. The fourth-order valence-electron chi connectivity index (χ4n) is 3.00. The van der Waals surface area contributed by atoms with Gasteiger partial charge in [-0.1, -0.05) is 48.2 Å². The van der Waals surface area contributed by atoms with E-state index >= 15 is 0 Å². The van der Waals surface area contributed by atoms with E-state index in [9.17, 15) is 4.79 Å². The fraction of sp³-hybridized carbons (Fsp3) is 0.238. The maximum atomic E-state index is 11.7. The van der Waals surface area contributed by atoms with Gasteiger partial charge >= 0.3 is 5.97 Å². The van der Waals surface area contributed by atoms with E-state index in [1.54, 1.807) is 31.7 Å². The maximum absolute atomic E-state index is 11.7. The molecule has 132 valence electrons. The Kier molecular flexibility index (Phi) is 5.06. The lowest BCUT2D eigenvalue weighted by Gasteiger charge is -2.18. The van der Waals surface area contributed by atoms with Gasteiger partial charge in [-0.15, -0.1) is 0 Å². The Morgan fingerprint density at radius 2 is 2.04 bits per heavy atom. The number of carbonyl (C=O) groups is 1. The van der Waals surface area contributed by atoms with Crippen molar-refractivity contribution in [3.63, 3.8) is 0 Å². The Bertz CT molecular complexity index is 901. The van der Waals surface area contributed by atoms with Crippen molar-refractivity contribution in [2.75, 3.05) is 11.4 Å². The molecule has 3 rings (SSSR count). The molecule has 2 aliphatic rings. The quantitative estimate of drug-likeness (QED) is 0.571. The maximum Gasteiger partial charge on any atom is 0.350 e. The van der Waals surface area contributed by atoms with E-state index in [-0.39, 0.29) is 5.57 Å². The Morgan fingerprint density at radius 1 is 1.27 bits per heavy atom. The number of esters is 1. The van der Waals surface area contributed by atoms with Crippen LogP contribution in [0.15, 0.2) is 75.7 Å². The summed E-state index contributed by atoms with van der Waals surface area (Å²) in [7, 11) is 0. The number of fused-ring (bicyclic) bond motifs is 1. The normalized spacial score (nSPS) is 20.3. The highest BCUT2D eigenvalue weighted by Crippen LogP contribution is 2.45. The molecule has 26 heavy (non-hydrogen) atoms. The number of cyclic esters (lactones) is 1. The zero-order valence-electron chi connectivity index (χ0n) is 15.0. The molecule has 0 atom stereocenters. The molecule has 0 unspecified atom stereocenters. The molecule has 5 heteroatoms. The lowest BCUT2D eigenvalue weighted by Crippen LogP contribution is -2.22. The number of nitrogens with zero attached hydrogens (tertiary/aromatic N) is 2. The van der Waals surface area contributed by atoms with E-state index in [1.165, 1.54) is 15.6 Å². The van der Waals surface area contributed by atoms with Crippen LogP contribution < -0.4 is 4.90 Å². The summed E-state index contributed by atoms with van der Waals surface area (Å²) in [5.41, 5.74) is 1.16. The van der Waals surface area contributed by atoms with Crippen LogP contribution in [0.5, 0.6) is 0 Å². The summed E-state index contributed by atoms with van der Waals surface area (Å²) < 4.78 is 5.23. The van der Waals surface area contributed by atoms with Crippen molar-refractivity contribution in [3.05, 3.63) is 70.8 Å². The minimum Gasteiger partial charge on any atom is -0.451 e. The second-order valence-electron chi connectivity index (χ2n) is 6.36.